The number of hydrogen-bond acceptors (Lipinski definition) is 5. The van der Waals surface area contributed by atoms with E-state index in [9.17, 15) is 0 Å². The molecule has 0 saturated carbocycles. The molecule has 0 aromatic rings. The Morgan fingerprint density at radius 3 is 1.50 bits per heavy atom. The van der Waals surface area contributed by atoms with Gasteiger partial charge in [0, 0.05) is 11.5 Å². The average molecular weight is 228 g/mol. The van der Waals surface area contributed by atoms with Gasteiger partial charge >= 0.3 is 11.9 Å². The third-order valence-electron chi connectivity index (χ3n) is 0.735. The highest BCUT2D eigenvalue weighted by Crippen LogP contribution is 2.39. The molecule has 70 valence electrons. The summed E-state index contributed by atoms with van der Waals surface area (Å²) in [6.45, 7) is 0. The minimum Gasteiger partial charge on any atom is -0.473 e. The molecular weight excluding hydrogens is 220 g/mol. The second-order valence-corrected chi connectivity index (χ2v) is 6.15. The monoisotopic (exact) mass is 228 g/mol. The Morgan fingerprint density at radius 2 is 1.42 bits per heavy atom. The zero-order valence-corrected chi connectivity index (χ0v) is 8.51. The molecular formula is C5H8O4S3. The van der Waals surface area contributed by atoms with E-state index in [-0.39, 0.29) is 0 Å². The number of rotatable bonds is 0. The molecule has 0 aromatic heterocycles. The Hall–Kier alpha value is -0.0100. The molecule has 1 aliphatic heterocycles. The first-order valence-corrected chi connectivity index (χ1v) is 6.84. The Kier molecular flexibility index (Phi) is 7.62. The Balaban J connectivity index is 0.000000202. The molecule has 12 heavy (non-hydrogen) atoms. The first kappa shape index (κ1) is 12.0. The molecule has 1 aliphatic rings. The molecule has 7 heteroatoms. The lowest BCUT2D eigenvalue weighted by atomic mass is 10.6. The predicted octanol–water partition coefficient (Wildman–Crippen LogP) is 1.58. The van der Waals surface area contributed by atoms with Crippen molar-refractivity contribution in [1.82, 2.24) is 0 Å². The predicted molar refractivity (Wildman–Crippen MR) is 52.4 cm³/mol. The molecule has 1 rings (SSSR count). The van der Waals surface area contributed by atoms with Crippen LogP contribution in [-0.2, 0) is 9.59 Å². The number of carboxylic acid groups (broad SMARTS) is 2. The molecule has 0 aromatic carbocycles. The van der Waals surface area contributed by atoms with Crippen LogP contribution in [0.2, 0.25) is 0 Å². The summed E-state index contributed by atoms with van der Waals surface area (Å²) in [4.78, 5) is 18.2. The summed E-state index contributed by atoms with van der Waals surface area (Å²) < 4.78 is 0. The Bertz CT molecular complexity index is 133. The summed E-state index contributed by atoms with van der Waals surface area (Å²) >= 11 is 0. The first-order valence-electron chi connectivity index (χ1n) is 3.02. The van der Waals surface area contributed by atoms with E-state index >= 15 is 0 Å². The van der Waals surface area contributed by atoms with Crippen LogP contribution in [0.5, 0.6) is 0 Å². The van der Waals surface area contributed by atoms with E-state index in [2.05, 4.69) is 0 Å². The highest BCUT2D eigenvalue weighted by Gasteiger charge is 2.04. The SMILES string of the molecule is C1CSSSC1.O=C(O)C(=O)O. The van der Waals surface area contributed by atoms with Gasteiger partial charge in [0.1, 0.15) is 0 Å². The van der Waals surface area contributed by atoms with Gasteiger partial charge in [-0.3, -0.25) is 0 Å². The second kappa shape index (κ2) is 7.63. The van der Waals surface area contributed by atoms with Gasteiger partial charge in [0.2, 0.25) is 0 Å². The van der Waals surface area contributed by atoms with E-state index < -0.39 is 11.9 Å². The van der Waals surface area contributed by atoms with Crippen LogP contribution in [0.1, 0.15) is 6.42 Å². The van der Waals surface area contributed by atoms with Crippen LogP contribution in [0.4, 0.5) is 0 Å². The minimum absolute atomic E-state index is 1.36. The van der Waals surface area contributed by atoms with Crippen molar-refractivity contribution in [3.8, 4) is 0 Å². The lowest BCUT2D eigenvalue weighted by molar-refractivity contribution is -0.159. The molecule has 0 bridgehead atoms. The van der Waals surface area contributed by atoms with E-state index in [1.165, 1.54) is 17.9 Å². The van der Waals surface area contributed by atoms with Gasteiger partial charge in [-0.05, 0) is 16.2 Å². The van der Waals surface area contributed by atoms with Gasteiger partial charge in [0.15, 0.2) is 0 Å². The van der Waals surface area contributed by atoms with Crippen LogP contribution in [0.3, 0.4) is 0 Å². The fraction of sp³-hybridized carbons (Fsp3) is 0.600. The molecule has 0 amide bonds. The van der Waals surface area contributed by atoms with E-state index in [1.54, 1.807) is 0 Å². The molecule has 0 unspecified atom stereocenters. The molecule has 0 aliphatic carbocycles. The standard InChI is InChI=1S/C3H6S3.C2H2O4/c1-2-4-6-5-3-1;3-1(4)2(5)6/h1-3H2;(H,3,4)(H,5,6). The van der Waals surface area contributed by atoms with Crippen LogP contribution in [0, 0.1) is 0 Å². The lowest BCUT2D eigenvalue weighted by Crippen LogP contribution is -2.09. The fourth-order valence-corrected chi connectivity index (χ4v) is 4.35. The highest BCUT2D eigenvalue weighted by atomic mass is 33.5. The number of carboxylic acids is 2. The van der Waals surface area contributed by atoms with Crippen molar-refractivity contribution in [3.05, 3.63) is 0 Å². The van der Waals surface area contributed by atoms with Gasteiger partial charge in [-0.15, -0.1) is 0 Å². The quantitative estimate of drug-likeness (QED) is 0.481. The fourth-order valence-electron chi connectivity index (χ4n) is 0.279. The highest BCUT2D eigenvalue weighted by molar-refractivity contribution is 9.09. The normalized spacial score (nSPS) is 15.7. The molecule has 0 spiro atoms. The van der Waals surface area contributed by atoms with Gasteiger partial charge in [0.05, 0.1) is 0 Å². The summed E-state index contributed by atoms with van der Waals surface area (Å²) in [7, 11) is 5.88. The molecule has 0 radical (unpaired) electrons. The number of hydrogen-bond donors (Lipinski definition) is 2. The van der Waals surface area contributed by atoms with E-state index in [0.717, 1.165) is 0 Å². The van der Waals surface area contributed by atoms with Gasteiger partial charge in [-0.2, -0.15) is 0 Å². The van der Waals surface area contributed by atoms with Crippen LogP contribution < -0.4 is 0 Å². The summed E-state index contributed by atoms with van der Waals surface area (Å²) in [6, 6.07) is 0. The molecule has 1 fully saturated rings. The molecule has 2 N–H and O–H groups in total. The van der Waals surface area contributed by atoms with E-state index in [1.807, 2.05) is 31.4 Å². The van der Waals surface area contributed by atoms with Crippen LogP contribution >= 0.6 is 31.4 Å². The maximum absolute atomic E-state index is 9.10. The zero-order valence-electron chi connectivity index (χ0n) is 6.06. The average Bonchev–Trinajstić information content (AvgIpc) is 2.08. The van der Waals surface area contributed by atoms with Crippen LogP contribution in [0.15, 0.2) is 0 Å². The summed E-state index contributed by atoms with van der Waals surface area (Å²) in [5.41, 5.74) is 0. The zero-order chi connectivity index (χ0) is 9.40. The van der Waals surface area contributed by atoms with Crippen molar-refractivity contribution in [1.29, 1.82) is 0 Å². The van der Waals surface area contributed by atoms with Gasteiger partial charge < -0.3 is 10.2 Å². The van der Waals surface area contributed by atoms with Crippen LogP contribution in [-0.4, -0.2) is 33.7 Å². The summed E-state index contributed by atoms with van der Waals surface area (Å²) in [6.07, 6.45) is 1.41. The van der Waals surface area contributed by atoms with Crippen molar-refractivity contribution in [2.45, 2.75) is 6.42 Å². The summed E-state index contributed by atoms with van der Waals surface area (Å²) in [5.74, 6) is -0.931. The lowest BCUT2D eigenvalue weighted by Gasteiger charge is -2.04. The van der Waals surface area contributed by atoms with E-state index in [0.29, 0.717) is 0 Å². The third kappa shape index (κ3) is 8.09. The van der Waals surface area contributed by atoms with Gasteiger partial charge in [-0.25, -0.2) is 9.59 Å². The van der Waals surface area contributed by atoms with Crippen molar-refractivity contribution in [2.75, 3.05) is 11.5 Å². The van der Waals surface area contributed by atoms with Gasteiger partial charge in [0.25, 0.3) is 0 Å². The van der Waals surface area contributed by atoms with Crippen molar-refractivity contribution >= 4 is 43.4 Å². The maximum Gasteiger partial charge on any atom is 0.414 e. The maximum atomic E-state index is 9.10. The second-order valence-electron chi connectivity index (χ2n) is 1.68. The largest absolute Gasteiger partial charge is 0.473 e. The first-order chi connectivity index (χ1) is 5.64. The molecule has 1 heterocycles. The Labute approximate surface area is 81.3 Å². The van der Waals surface area contributed by atoms with Gasteiger partial charge in [-0.1, -0.05) is 21.6 Å². The van der Waals surface area contributed by atoms with Crippen LogP contribution in [0.25, 0.3) is 0 Å². The smallest absolute Gasteiger partial charge is 0.414 e. The van der Waals surface area contributed by atoms with E-state index in [4.69, 9.17) is 19.8 Å². The number of aliphatic carboxylic acids is 2. The minimum atomic E-state index is -1.82. The van der Waals surface area contributed by atoms with Crippen molar-refractivity contribution < 1.29 is 19.8 Å². The summed E-state index contributed by atoms with van der Waals surface area (Å²) in [5, 5.41) is 14.8. The Morgan fingerprint density at radius 1 is 1.00 bits per heavy atom. The van der Waals surface area contributed by atoms with Crippen molar-refractivity contribution in [3.63, 3.8) is 0 Å². The topological polar surface area (TPSA) is 74.6 Å². The third-order valence-corrected chi connectivity index (χ3v) is 5.15. The van der Waals surface area contributed by atoms with Crippen molar-refractivity contribution in [2.24, 2.45) is 0 Å². The molecule has 4 nitrogen and oxygen atoms in total. The molecule has 0 atom stereocenters. The number of carbonyl (C=O) groups is 2. The molecule has 1 saturated heterocycles.